The molecule has 4 nitrogen and oxygen atoms in total. The highest BCUT2D eigenvalue weighted by Gasteiger charge is 2.12. The Labute approximate surface area is 140 Å². The fraction of sp³-hybridized carbons (Fsp3) is 0.316. The van der Waals surface area contributed by atoms with Crippen LogP contribution in [0.3, 0.4) is 0 Å². The van der Waals surface area contributed by atoms with Gasteiger partial charge in [-0.3, -0.25) is 4.79 Å². The molecule has 0 bridgehead atoms. The number of ether oxygens (including phenoxy) is 3. The molecule has 126 valence electrons. The smallest absolute Gasteiger partial charge is 0.306 e. The van der Waals surface area contributed by atoms with Crippen LogP contribution in [0, 0.1) is 5.82 Å². The van der Waals surface area contributed by atoms with E-state index < -0.39 is 0 Å². The minimum Gasteiger partial charge on any atom is -0.490 e. The minimum absolute atomic E-state index is 0.0811. The molecule has 0 saturated heterocycles. The molecule has 3 rings (SSSR count). The molecule has 0 N–H and O–H groups in total. The van der Waals surface area contributed by atoms with Crippen molar-refractivity contribution >= 4 is 5.97 Å². The molecule has 2 aromatic rings. The zero-order valence-corrected chi connectivity index (χ0v) is 13.3. The van der Waals surface area contributed by atoms with Gasteiger partial charge in [-0.05, 0) is 41.8 Å². The fourth-order valence-corrected chi connectivity index (χ4v) is 2.47. The average Bonchev–Trinajstić information content (AvgIpc) is 2.83. The molecule has 5 heteroatoms. The molecule has 0 unspecified atom stereocenters. The molecule has 0 fully saturated rings. The standard InChI is InChI=1S/C19H19FO4/c20-16-4-1-3-15(11-16)13-24-19(21)8-6-14-5-7-17-18(12-14)23-10-2-9-22-17/h1,3-5,7,11-12H,2,6,8-10,13H2. The topological polar surface area (TPSA) is 44.8 Å². The van der Waals surface area contributed by atoms with E-state index in [9.17, 15) is 9.18 Å². The summed E-state index contributed by atoms with van der Waals surface area (Å²) < 4.78 is 29.5. The van der Waals surface area contributed by atoms with Crippen LogP contribution >= 0.6 is 0 Å². The van der Waals surface area contributed by atoms with Crippen LogP contribution in [0.25, 0.3) is 0 Å². The van der Waals surface area contributed by atoms with Crippen LogP contribution in [0.1, 0.15) is 24.0 Å². The van der Waals surface area contributed by atoms with Crippen LogP contribution in [0.2, 0.25) is 0 Å². The second-order valence-corrected chi connectivity index (χ2v) is 5.62. The number of halogens is 1. The van der Waals surface area contributed by atoms with E-state index in [0.717, 1.165) is 23.5 Å². The van der Waals surface area contributed by atoms with Gasteiger partial charge >= 0.3 is 5.97 Å². The van der Waals surface area contributed by atoms with Crippen molar-refractivity contribution in [2.45, 2.75) is 25.9 Å². The lowest BCUT2D eigenvalue weighted by molar-refractivity contribution is -0.144. The van der Waals surface area contributed by atoms with Crippen LogP contribution < -0.4 is 9.47 Å². The van der Waals surface area contributed by atoms with Gasteiger partial charge in [-0.2, -0.15) is 0 Å². The third-order valence-corrected chi connectivity index (χ3v) is 3.72. The first-order valence-electron chi connectivity index (χ1n) is 7.99. The number of hydrogen-bond acceptors (Lipinski definition) is 4. The first-order valence-corrected chi connectivity index (χ1v) is 7.99. The molecular weight excluding hydrogens is 311 g/mol. The largest absolute Gasteiger partial charge is 0.490 e. The fourth-order valence-electron chi connectivity index (χ4n) is 2.47. The summed E-state index contributed by atoms with van der Waals surface area (Å²) in [5.74, 6) is 0.810. The number of carbonyl (C=O) groups is 1. The molecule has 1 aliphatic rings. The van der Waals surface area contributed by atoms with Gasteiger partial charge in [0.1, 0.15) is 12.4 Å². The van der Waals surface area contributed by atoms with Gasteiger partial charge in [0.05, 0.1) is 13.2 Å². The van der Waals surface area contributed by atoms with Crippen LogP contribution in [-0.2, 0) is 22.6 Å². The predicted molar refractivity (Wildman–Crippen MR) is 86.6 cm³/mol. The number of benzene rings is 2. The zero-order chi connectivity index (χ0) is 16.8. The van der Waals surface area contributed by atoms with Gasteiger partial charge in [-0.25, -0.2) is 4.39 Å². The van der Waals surface area contributed by atoms with Crippen molar-refractivity contribution in [3.8, 4) is 11.5 Å². The van der Waals surface area contributed by atoms with Crippen LogP contribution in [0.5, 0.6) is 11.5 Å². The first-order chi connectivity index (χ1) is 11.7. The summed E-state index contributed by atoms with van der Waals surface area (Å²) in [5.41, 5.74) is 1.63. The van der Waals surface area contributed by atoms with E-state index >= 15 is 0 Å². The van der Waals surface area contributed by atoms with E-state index in [1.165, 1.54) is 12.1 Å². The predicted octanol–water partition coefficient (Wildman–Crippen LogP) is 3.66. The molecule has 24 heavy (non-hydrogen) atoms. The summed E-state index contributed by atoms with van der Waals surface area (Å²) in [7, 11) is 0. The van der Waals surface area contributed by atoms with Crippen LogP contribution in [0.4, 0.5) is 4.39 Å². The Balaban J connectivity index is 1.50. The normalized spacial score (nSPS) is 13.2. The van der Waals surface area contributed by atoms with Gasteiger partial charge in [0.15, 0.2) is 11.5 Å². The van der Waals surface area contributed by atoms with Crippen molar-refractivity contribution in [3.05, 3.63) is 59.4 Å². The molecular formula is C19H19FO4. The molecule has 0 amide bonds. The molecule has 0 atom stereocenters. The van der Waals surface area contributed by atoms with Crippen LogP contribution in [-0.4, -0.2) is 19.2 Å². The lowest BCUT2D eigenvalue weighted by Gasteiger charge is -2.09. The van der Waals surface area contributed by atoms with Gasteiger partial charge in [0.2, 0.25) is 0 Å². The van der Waals surface area contributed by atoms with E-state index in [-0.39, 0.29) is 24.8 Å². The lowest BCUT2D eigenvalue weighted by Crippen LogP contribution is -2.06. The maximum absolute atomic E-state index is 13.1. The summed E-state index contributed by atoms with van der Waals surface area (Å²) in [6, 6.07) is 11.7. The Morgan fingerprint density at radius 2 is 1.88 bits per heavy atom. The van der Waals surface area contributed by atoms with E-state index in [0.29, 0.717) is 25.2 Å². The van der Waals surface area contributed by atoms with Gasteiger partial charge in [-0.1, -0.05) is 18.2 Å². The van der Waals surface area contributed by atoms with E-state index in [4.69, 9.17) is 14.2 Å². The second kappa shape index (κ2) is 7.81. The molecule has 0 spiro atoms. The van der Waals surface area contributed by atoms with Crippen molar-refractivity contribution in [1.82, 2.24) is 0 Å². The number of fused-ring (bicyclic) bond motifs is 1. The number of esters is 1. The third-order valence-electron chi connectivity index (χ3n) is 3.72. The third kappa shape index (κ3) is 4.47. The number of rotatable bonds is 5. The maximum Gasteiger partial charge on any atom is 0.306 e. The lowest BCUT2D eigenvalue weighted by atomic mass is 10.1. The number of aryl methyl sites for hydroxylation is 1. The van der Waals surface area contributed by atoms with Crippen molar-refractivity contribution in [2.24, 2.45) is 0 Å². The van der Waals surface area contributed by atoms with Gasteiger partial charge in [0.25, 0.3) is 0 Å². The monoisotopic (exact) mass is 330 g/mol. The SMILES string of the molecule is O=C(CCc1ccc2c(c1)OCCCO2)OCc1cccc(F)c1. The maximum atomic E-state index is 13.1. The average molecular weight is 330 g/mol. The Bertz CT molecular complexity index is 714. The van der Waals surface area contributed by atoms with E-state index in [2.05, 4.69) is 0 Å². The quantitative estimate of drug-likeness (QED) is 0.785. The molecule has 0 aliphatic carbocycles. The van der Waals surface area contributed by atoms with E-state index in [1.54, 1.807) is 12.1 Å². The summed E-state index contributed by atoms with van der Waals surface area (Å²) in [6.07, 6.45) is 1.67. The number of carbonyl (C=O) groups excluding carboxylic acids is 1. The molecule has 1 heterocycles. The summed E-state index contributed by atoms with van der Waals surface area (Å²) in [4.78, 5) is 11.8. The molecule has 2 aromatic carbocycles. The number of hydrogen-bond donors (Lipinski definition) is 0. The molecule has 0 aromatic heterocycles. The minimum atomic E-state index is -0.337. The Morgan fingerprint density at radius 1 is 1.04 bits per heavy atom. The van der Waals surface area contributed by atoms with Crippen LogP contribution in [0.15, 0.2) is 42.5 Å². The second-order valence-electron chi connectivity index (χ2n) is 5.62. The zero-order valence-electron chi connectivity index (χ0n) is 13.3. The summed E-state index contributed by atoms with van der Waals surface area (Å²) >= 11 is 0. The highest BCUT2D eigenvalue weighted by Crippen LogP contribution is 2.30. The van der Waals surface area contributed by atoms with Crippen molar-refractivity contribution in [3.63, 3.8) is 0 Å². The molecule has 0 saturated carbocycles. The summed E-state index contributed by atoms with van der Waals surface area (Å²) in [5, 5.41) is 0. The van der Waals surface area contributed by atoms with Gasteiger partial charge in [-0.15, -0.1) is 0 Å². The molecule has 0 radical (unpaired) electrons. The Kier molecular flexibility index (Phi) is 5.31. The van der Waals surface area contributed by atoms with Gasteiger partial charge in [0, 0.05) is 12.8 Å². The summed E-state index contributed by atoms with van der Waals surface area (Å²) in [6.45, 7) is 1.36. The van der Waals surface area contributed by atoms with E-state index in [1.807, 2.05) is 18.2 Å². The Morgan fingerprint density at radius 3 is 2.71 bits per heavy atom. The van der Waals surface area contributed by atoms with Crippen molar-refractivity contribution < 1.29 is 23.4 Å². The highest BCUT2D eigenvalue weighted by atomic mass is 19.1. The first kappa shape index (κ1) is 16.3. The Hall–Kier alpha value is -2.56. The van der Waals surface area contributed by atoms with Crippen molar-refractivity contribution in [2.75, 3.05) is 13.2 Å². The van der Waals surface area contributed by atoms with Crippen molar-refractivity contribution in [1.29, 1.82) is 0 Å². The molecule has 1 aliphatic heterocycles. The highest BCUT2D eigenvalue weighted by molar-refractivity contribution is 5.69. The van der Waals surface area contributed by atoms with Gasteiger partial charge < -0.3 is 14.2 Å².